The summed E-state index contributed by atoms with van der Waals surface area (Å²) in [5, 5.41) is 34.4. The van der Waals surface area contributed by atoms with Gasteiger partial charge in [-0.05, 0) is 18.2 Å². The first-order valence-corrected chi connectivity index (χ1v) is 7.19. The van der Waals surface area contributed by atoms with Crippen LogP contribution in [0.25, 0.3) is 0 Å². The first-order chi connectivity index (χ1) is 11.9. The van der Waals surface area contributed by atoms with Crippen LogP contribution in [-0.4, -0.2) is 15.9 Å². The van der Waals surface area contributed by atoms with Gasteiger partial charge in [0.15, 0.2) is 0 Å². The van der Waals surface area contributed by atoms with E-state index < -0.39 is 10.8 Å². The van der Waals surface area contributed by atoms with Gasteiger partial charge in [-0.3, -0.25) is 14.9 Å². The molecular weight excluding hydrogens is 348 g/mol. The molecular formula is C16H11ClN4O4. The number of nitriles is 1. The van der Waals surface area contributed by atoms with Crippen LogP contribution < -0.4 is 10.6 Å². The lowest BCUT2D eigenvalue weighted by molar-refractivity contribution is -0.384. The molecule has 0 saturated carbocycles. The molecule has 9 heteroatoms. The molecule has 25 heavy (non-hydrogen) atoms. The summed E-state index contributed by atoms with van der Waals surface area (Å²) in [5.41, 5.74) is -0.0562. The Morgan fingerprint density at radius 3 is 2.72 bits per heavy atom. The quantitative estimate of drug-likeness (QED) is 0.325. The number of nitrogens with zero attached hydrogens (tertiary/aromatic N) is 2. The fourth-order valence-electron chi connectivity index (χ4n) is 1.81. The van der Waals surface area contributed by atoms with E-state index in [4.69, 9.17) is 16.9 Å². The van der Waals surface area contributed by atoms with Crippen molar-refractivity contribution in [3.63, 3.8) is 0 Å². The van der Waals surface area contributed by atoms with Gasteiger partial charge in [-0.15, -0.1) is 0 Å². The van der Waals surface area contributed by atoms with Crippen LogP contribution in [0.15, 0.2) is 54.2 Å². The van der Waals surface area contributed by atoms with Gasteiger partial charge in [0.1, 0.15) is 17.4 Å². The first kappa shape index (κ1) is 17.8. The summed E-state index contributed by atoms with van der Waals surface area (Å²) in [7, 11) is 0. The third-order valence-corrected chi connectivity index (χ3v) is 3.33. The van der Waals surface area contributed by atoms with Crippen LogP contribution in [0.3, 0.4) is 0 Å². The van der Waals surface area contributed by atoms with E-state index in [-0.39, 0.29) is 27.7 Å². The minimum atomic E-state index is -0.794. The van der Waals surface area contributed by atoms with Crippen molar-refractivity contribution in [1.82, 2.24) is 0 Å². The second kappa shape index (κ2) is 7.81. The Morgan fingerprint density at radius 1 is 1.32 bits per heavy atom. The summed E-state index contributed by atoms with van der Waals surface area (Å²) < 4.78 is 0. The molecule has 126 valence electrons. The maximum atomic E-state index is 12.1. The number of hydrogen-bond donors (Lipinski definition) is 3. The number of amides is 1. The summed E-state index contributed by atoms with van der Waals surface area (Å²) in [6.45, 7) is 0. The van der Waals surface area contributed by atoms with E-state index in [1.165, 1.54) is 24.3 Å². The van der Waals surface area contributed by atoms with Crippen LogP contribution in [0.1, 0.15) is 0 Å². The molecule has 2 aromatic rings. The molecule has 0 unspecified atom stereocenters. The number of phenols is 1. The van der Waals surface area contributed by atoms with Crippen molar-refractivity contribution in [2.75, 3.05) is 10.6 Å². The van der Waals surface area contributed by atoms with E-state index in [0.29, 0.717) is 5.69 Å². The fourth-order valence-corrected chi connectivity index (χ4v) is 1.98. The number of halogens is 1. The van der Waals surface area contributed by atoms with Gasteiger partial charge in [-0.25, -0.2) is 0 Å². The minimum absolute atomic E-state index is 0.0133. The molecule has 0 bridgehead atoms. The topological polar surface area (TPSA) is 128 Å². The molecule has 0 aliphatic rings. The lowest BCUT2D eigenvalue weighted by Gasteiger charge is -2.07. The molecule has 0 aromatic heterocycles. The largest absolute Gasteiger partial charge is 0.508 e. The van der Waals surface area contributed by atoms with Crippen molar-refractivity contribution in [3.05, 3.63) is 69.4 Å². The molecule has 2 aromatic carbocycles. The van der Waals surface area contributed by atoms with Crippen molar-refractivity contribution in [1.29, 1.82) is 5.26 Å². The number of phenolic OH excluding ortho intramolecular Hbond substituents is 1. The summed E-state index contributed by atoms with van der Waals surface area (Å²) in [5.74, 6) is -0.776. The number of nitro groups is 1. The van der Waals surface area contributed by atoms with Crippen molar-refractivity contribution in [2.45, 2.75) is 0 Å². The number of aromatic hydroxyl groups is 1. The van der Waals surface area contributed by atoms with Crippen LogP contribution in [-0.2, 0) is 4.79 Å². The highest BCUT2D eigenvalue weighted by Crippen LogP contribution is 2.27. The normalized spacial score (nSPS) is 10.6. The first-order valence-electron chi connectivity index (χ1n) is 6.82. The number of nitro benzene ring substituents is 1. The molecule has 8 nitrogen and oxygen atoms in total. The Labute approximate surface area is 147 Å². The summed E-state index contributed by atoms with van der Waals surface area (Å²) in [4.78, 5) is 22.3. The number of hydrogen-bond acceptors (Lipinski definition) is 6. The summed E-state index contributed by atoms with van der Waals surface area (Å²) >= 11 is 5.90. The maximum Gasteiger partial charge on any atom is 0.271 e. The van der Waals surface area contributed by atoms with Gasteiger partial charge in [-0.1, -0.05) is 17.7 Å². The van der Waals surface area contributed by atoms with Crippen molar-refractivity contribution in [2.24, 2.45) is 0 Å². The van der Waals surface area contributed by atoms with Crippen molar-refractivity contribution >= 4 is 34.6 Å². The number of carbonyl (C=O) groups excluding carboxylic acids is 1. The molecule has 0 atom stereocenters. The number of nitrogens with one attached hydrogen (secondary N) is 2. The standard InChI is InChI=1S/C16H11ClN4O4/c17-14-5-4-12(21(24)25)7-15(14)20-16(23)10(8-18)9-19-11-2-1-3-13(22)6-11/h1-7,9,19,22H,(H,20,23)/b10-9-. The van der Waals surface area contributed by atoms with E-state index in [1.54, 1.807) is 18.2 Å². The van der Waals surface area contributed by atoms with Gasteiger partial charge >= 0.3 is 0 Å². The molecule has 0 aliphatic carbocycles. The average molecular weight is 359 g/mol. The van der Waals surface area contributed by atoms with Crippen molar-refractivity contribution < 1.29 is 14.8 Å². The fraction of sp³-hybridized carbons (Fsp3) is 0. The summed E-state index contributed by atoms with van der Waals surface area (Å²) in [6, 6.07) is 11.4. The van der Waals surface area contributed by atoms with Gasteiger partial charge in [0.2, 0.25) is 0 Å². The average Bonchev–Trinajstić information content (AvgIpc) is 2.57. The predicted octanol–water partition coefficient (Wildman–Crippen LogP) is 3.41. The van der Waals surface area contributed by atoms with Crippen LogP contribution in [0.2, 0.25) is 5.02 Å². The zero-order chi connectivity index (χ0) is 18.4. The van der Waals surface area contributed by atoms with E-state index in [9.17, 15) is 20.0 Å². The van der Waals surface area contributed by atoms with Gasteiger partial charge in [0.25, 0.3) is 11.6 Å². The highest BCUT2D eigenvalue weighted by Gasteiger charge is 2.15. The van der Waals surface area contributed by atoms with E-state index in [2.05, 4.69) is 10.6 Å². The lowest BCUT2D eigenvalue weighted by Crippen LogP contribution is -2.15. The van der Waals surface area contributed by atoms with E-state index in [1.807, 2.05) is 0 Å². The molecule has 0 fully saturated rings. The van der Waals surface area contributed by atoms with Gasteiger partial charge in [0, 0.05) is 30.1 Å². The Bertz CT molecular complexity index is 905. The third kappa shape index (κ3) is 4.70. The minimum Gasteiger partial charge on any atom is -0.508 e. The zero-order valence-electron chi connectivity index (χ0n) is 12.6. The van der Waals surface area contributed by atoms with Gasteiger partial charge in [-0.2, -0.15) is 5.26 Å². The van der Waals surface area contributed by atoms with Crippen LogP contribution in [0.4, 0.5) is 17.1 Å². The highest BCUT2D eigenvalue weighted by molar-refractivity contribution is 6.34. The molecule has 2 rings (SSSR count). The maximum absolute atomic E-state index is 12.1. The number of anilines is 2. The number of carbonyl (C=O) groups is 1. The zero-order valence-corrected chi connectivity index (χ0v) is 13.3. The monoisotopic (exact) mass is 358 g/mol. The SMILES string of the molecule is N#C/C(=C/Nc1cccc(O)c1)C(=O)Nc1cc([N+](=O)[O-])ccc1Cl. The number of benzene rings is 2. The Hall–Kier alpha value is -3.57. The molecule has 0 radical (unpaired) electrons. The second-order valence-corrected chi connectivity index (χ2v) is 5.15. The van der Waals surface area contributed by atoms with Crippen molar-refractivity contribution in [3.8, 4) is 11.8 Å². The molecule has 0 saturated heterocycles. The van der Waals surface area contributed by atoms with Gasteiger partial charge < -0.3 is 15.7 Å². The van der Waals surface area contributed by atoms with Crippen LogP contribution in [0.5, 0.6) is 5.75 Å². The Balaban J connectivity index is 2.18. The second-order valence-electron chi connectivity index (χ2n) is 4.74. The van der Waals surface area contributed by atoms with E-state index in [0.717, 1.165) is 12.3 Å². The number of non-ortho nitro benzene ring substituents is 1. The number of rotatable bonds is 5. The van der Waals surface area contributed by atoms with E-state index >= 15 is 0 Å². The molecule has 1 amide bonds. The lowest BCUT2D eigenvalue weighted by atomic mass is 10.2. The smallest absolute Gasteiger partial charge is 0.271 e. The predicted molar refractivity (Wildman–Crippen MR) is 92.2 cm³/mol. The van der Waals surface area contributed by atoms with Gasteiger partial charge in [0.05, 0.1) is 15.6 Å². The van der Waals surface area contributed by atoms with Crippen LogP contribution in [0, 0.1) is 21.4 Å². The Morgan fingerprint density at radius 2 is 2.08 bits per heavy atom. The molecule has 3 N–H and O–H groups in total. The highest BCUT2D eigenvalue weighted by atomic mass is 35.5. The van der Waals surface area contributed by atoms with Crippen LogP contribution >= 0.6 is 11.6 Å². The molecule has 0 spiro atoms. The third-order valence-electron chi connectivity index (χ3n) is 3.00. The Kier molecular flexibility index (Phi) is 5.55. The summed E-state index contributed by atoms with van der Waals surface area (Å²) in [6.07, 6.45) is 1.15. The molecule has 0 aliphatic heterocycles. The molecule has 0 heterocycles.